The van der Waals surface area contributed by atoms with E-state index in [2.05, 4.69) is 5.32 Å². The molecule has 0 fully saturated rings. The van der Waals surface area contributed by atoms with Gasteiger partial charge in [0.1, 0.15) is 11.9 Å². The first-order valence-electron chi connectivity index (χ1n) is 9.43. The summed E-state index contributed by atoms with van der Waals surface area (Å²) in [5.41, 5.74) is 1.01. The maximum Gasteiger partial charge on any atom is 0.242 e. The number of hydrogen-bond donors (Lipinski definition) is 1. The minimum absolute atomic E-state index is 0.0108. The topological polar surface area (TPSA) is 49.4 Å². The van der Waals surface area contributed by atoms with Gasteiger partial charge in [0.15, 0.2) is 0 Å². The van der Waals surface area contributed by atoms with E-state index in [-0.39, 0.29) is 30.7 Å². The summed E-state index contributed by atoms with van der Waals surface area (Å²) in [7, 11) is 0. The average Bonchev–Trinajstić information content (AvgIpc) is 2.67. The minimum atomic E-state index is -0.761. The molecule has 0 aromatic heterocycles. The van der Waals surface area contributed by atoms with E-state index in [9.17, 15) is 14.0 Å². The van der Waals surface area contributed by atoms with E-state index in [1.54, 1.807) is 43.3 Å². The minimum Gasteiger partial charge on any atom is -0.354 e. The van der Waals surface area contributed by atoms with Gasteiger partial charge in [0.2, 0.25) is 11.8 Å². The van der Waals surface area contributed by atoms with Crippen LogP contribution in [0.3, 0.4) is 0 Å². The van der Waals surface area contributed by atoms with Gasteiger partial charge in [-0.25, -0.2) is 4.39 Å². The zero-order valence-corrected chi connectivity index (χ0v) is 18.2. The molecule has 2 aromatic carbocycles. The highest BCUT2D eigenvalue weighted by molar-refractivity contribution is 6.42. The van der Waals surface area contributed by atoms with Crippen LogP contribution in [0.25, 0.3) is 0 Å². The van der Waals surface area contributed by atoms with Gasteiger partial charge >= 0.3 is 0 Å². The number of nitrogens with one attached hydrogen (secondary N) is 1. The molecule has 1 N–H and O–H groups in total. The second-order valence-electron chi connectivity index (χ2n) is 7.35. The van der Waals surface area contributed by atoms with Crippen LogP contribution in [-0.4, -0.2) is 29.3 Å². The molecule has 29 heavy (non-hydrogen) atoms. The van der Waals surface area contributed by atoms with Crippen molar-refractivity contribution in [2.45, 2.75) is 39.8 Å². The Morgan fingerprint density at radius 1 is 1.07 bits per heavy atom. The fourth-order valence-electron chi connectivity index (χ4n) is 2.77. The molecule has 0 aliphatic heterocycles. The fraction of sp³-hybridized carbons (Fsp3) is 0.364. The first-order chi connectivity index (χ1) is 13.7. The van der Waals surface area contributed by atoms with Crippen LogP contribution in [0, 0.1) is 11.7 Å². The third-order valence-electron chi connectivity index (χ3n) is 4.49. The van der Waals surface area contributed by atoms with Crippen LogP contribution in [0.1, 0.15) is 31.9 Å². The summed E-state index contributed by atoms with van der Waals surface area (Å²) in [5.74, 6) is -0.732. The van der Waals surface area contributed by atoms with Crippen LogP contribution in [0.4, 0.5) is 4.39 Å². The summed E-state index contributed by atoms with van der Waals surface area (Å²) >= 11 is 12.0. The molecule has 4 nitrogen and oxygen atoms in total. The van der Waals surface area contributed by atoms with Crippen LogP contribution < -0.4 is 5.32 Å². The lowest BCUT2D eigenvalue weighted by Gasteiger charge is -2.29. The molecule has 0 bridgehead atoms. The molecule has 0 radical (unpaired) electrons. The van der Waals surface area contributed by atoms with Crippen LogP contribution in [0.5, 0.6) is 0 Å². The molecule has 0 saturated carbocycles. The molecule has 156 valence electrons. The SMILES string of the molecule is CC(C)CNC(=O)[C@@H](C)N(Cc1ccccc1F)C(=O)Cc1ccc(Cl)c(Cl)c1. The number of benzene rings is 2. The second-order valence-corrected chi connectivity index (χ2v) is 8.17. The van der Waals surface area contributed by atoms with Crippen LogP contribution in [0.2, 0.25) is 10.0 Å². The quantitative estimate of drug-likeness (QED) is 0.639. The van der Waals surface area contributed by atoms with Crippen molar-refractivity contribution < 1.29 is 14.0 Å². The van der Waals surface area contributed by atoms with Crippen molar-refractivity contribution in [1.82, 2.24) is 10.2 Å². The Balaban J connectivity index is 2.24. The van der Waals surface area contributed by atoms with E-state index in [1.165, 1.54) is 11.0 Å². The van der Waals surface area contributed by atoms with Crippen molar-refractivity contribution in [1.29, 1.82) is 0 Å². The molecule has 0 aliphatic rings. The highest BCUT2D eigenvalue weighted by Gasteiger charge is 2.27. The molecule has 7 heteroatoms. The van der Waals surface area contributed by atoms with Gasteiger partial charge in [0, 0.05) is 18.7 Å². The molecule has 2 amide bonds. The lowest BCUT2D eigenvalue weighted by Crippen LogP contribution is -2.48. The van der Waals surface area contributed by atoms with Crippen LogP contribution in [-0.2, 0) is 22.6 Å². The van der Waals surface area contributed by atoms with Crippen LogP contribution >= 0.6 is 23.2 Å². The van der Waals surface area contributed by atoms with Gasteiger partial charge in [-0.1, -0.05) is 61.3 Å². The zero-order chi connectivity index (χ0) is 21.6. The van der Waals surface area contributed by atoms with E-state index in [0.717, 1.165) is 0 Å². The predicted molar refractivity (Wildman–Crippen MR) is 114 cm³/mol. The Morgan fingerprint density at radius 2 is 1.76 bits per heavy atom. The Hall–Kier alpha value is -2.11. The van der Waals surface area contributed by atoms with Gasteiger partial charge < -0.3 is 10.2 Å². The van der Waals surface area contributed by atoms with Gasteiger partial charge in [-0.2, -0.15) is 0 Å². The number of nitrogens with zero attached hydrogens (tertiary/aromatic N) is 1. The van der Waals surface area contributed by atoms with Crippen molar-refractivity contribution in [3.63, 3.8) is 0 Å². The Bertz CT molecular complexity index is 874. The van der Waals surface area contributed by atoms with E-state index in [1.807, 2.05) is 13.8 Å². The molecule has 2 aromatic rings. The fourth-order valence-corrected chi connectivity index (χ4v) is 3.09. The van der Waals surface area contributed by atoms with Crippen molar-refractivity contribution in [3.8, 4) is 0 Å². The smallest absolute Gasteiger partial charge is 0.242 e. The molecule has 1 atom stereocenters. The normalized spacial score (nSPS) is 12.0. The first kappa shape index (κ1) is 23.2. The van der Waals surface area contributed by atoms with Crippen molar-refractivity contribution in [3.05, 3.63) is 69.5 Å². The van der Waals surface area contributed by atoms with E-state index >= 15 is 0 Å². The van der Waals surface area contributed by atoms with Gasteiger partial charge in [0.25, 0.3) is 0 Å². The Labute approximate surface area is 181 Å². The van der Waals surface area contributed by atoms with E-state index < -0.39 is 11.9 Å². The average molecular weight is 439 g/mol. The number of amides is 2. The van der Waals surface area contributed by atoms with Crippen molar-refractivity contribution in [2.75, 3.05) is 6.54 Å². The number of carbonyl (C=O) groups is 2. The summed E-state index contributed by atoms with van der Waals surface area (Å²) in [4.78, 5) is 27.0. The number of halogens is 3. The zero-order valence-electron chi connectivity index (χ0n) is 16.7. The van der Waals surface area contributed by atoms with Gasteiger partial charge in [-0.05, 0) is 36.6 Å². The number of carbonyl (C=O) groups excluding carboxylic acids is 2. The molecular weight excluding hydrogens is 414 g/mol. The largest absolute Gasteiger partial charge is 0.354 e. The maximum atomic E-state index is 14.2. The highest BCUT2D eigenvalue weighted by Crippen LogP contribution is 2.23. The molecule has 0 heterocycles. The van der Waals surface area contributed by atoms with Gasteiger partial charge in [0.05, 0.1) is 16.5 Å². The maximum absolute atomic E-state index is 14.2. The summed E-state index contributed by atoms with van der Waals surface area (Å²) in [6, 6.07) is 10.4. The predicted octanol–water partition coefficient (Wildman–Crippen LogP) is 4.86. The first-order valence-corrected chi connectivity index (χ1v) is 10.2. The third-order valence-corrected chi connectivity index (χ3v) is 5.23. The van der Waals surface area contributed by atoms with E-state index in [4.69, 9.17) is 23.2 Å². The Kier molecular flexibility index (Phi) is 8.47. The lowest BCUT2D eigenvalue weighted by molar-refractivity contribution is -0.140. The monoisotopic (exact) mass is 438 g/mol. The van der Waals surface area contributed by atoms with E-state index in [0.29, 0.717) is 27.7 Å². The van der Waals surface area contributed by atoms with Crippen molar-refractivity contribution in [2.24, 2.45) is 5.92 Å². The summed E-state index contributed by atoms with van der Waals surface area (Å²) in [6.45, 7) is 6.10. The lowest BCUT2D eigenvalue weighted by atomic mass is 10.1. The summed E-state index contributed by atoms with van der Waals surface area (Å²) in [6.07, 6.45) is 0.0210. The molecule has 0 unspecified atom stereocenters. The Morgan fingerprint density at radius 3 is 2.38 bits per heavy atom. The molecule has 0 aliphatic carbocycles. The summed E-state index contributed by atoms with van der Waals surface area (Å²) in [5, 5.41) is 3.58. The molecule has 0 saturated heterocycles. The highest BCUT2D eigenvalue weighted by atomic mass is 35.5. The standard InChI is InChI=1S/C22H25Cl2FN2O2/c1-14(2)12-26-22(29)15(3)27(13-17-6-4-5-7-20(17)25)21(28)11-16-8-9-18(23)19(24)10-16/h4-10,14-15H,11-13H2,1-3H3,(H,26,29)/t15-/m1/s1. The molecule has 2 rings (SSSR count). The van der Waals surface area contributed by atoms with Gasteiger partial charge in [-0.15, -0.1) is 0 Å². The van der Waals surface area contributed by atoms with Gasteiger partial charge in [-0.3, -0.25) is 9.59 Å². The second kappa shape index (κ2) is 10.6. The van der Waals surface area contributed by atoms with Crippen molar-refractivity contribution >= 4 is 35.0 Å². The number of rotatable bonds is 8. The molecule has 0 spiro atoms. The molecular formula is C22H25Cl2FN2O2. The number of hydrogen-bond acceptors (Lipinski definition) is 2. The third kappa shape index (κ3) is 6.72. The van der Waals surface area contributed by atoms with Crippen LogP contribution in [0.15, 0.2) is 42.5 Å². The summed E-state index contributed by atoms with van der Waals surface area (Å²) < 4.78 is 14.2.